The summed E-state index contributed by atoms with van der Waals surface area (Å²) in [6.45, 7) is 6.56. The van der Waals surface area contributed by atoms with E-state index < -0.39 is 24.4 Å². The maximum absolute atomic E-state index is 12.8. The molecular weight excluding hydrogens is 484 g/mol. The number of carbonyl (C=O) groups excluding carboxylic acids is 3. The first-order valence-electron chi connectivity index (χ1n) is 11.9. The zero-order valence-electron chi connectivity index (χ0n) is 20.3. The molecule has 190 valence electrons. The van der Waals surface area contributed by atoms with Crippen LogP contribution in [0.1, 0.15) is 25.8 Å². The lowest BCUT2D eigenvalue weighted by Gasteiger charge is -2.28. The third kappa shape index (κ3) is 6.16. The Bertz CT molecular complexity index is 1160. The maximum Gasteiger partial charge on any atom is 0.329 e. The van der Waals surface area contributed by atoms with Crippen molar-refractivity contribution in [2.45, 2.75) is 26.4 Å². The number of imide groups is 1. The Morgan fingerprint density at radius 1 is 1.19 bits per heavy atom. The van der Waals surface area contributed by atoms with Crippen molar-refractivity contribution in [1.82, 2.24) is 10.2 Å². The van der Waals surface area contributed by atoms with Crippen LogP contribution in [-0.2, 0) is 14.3 Å². The second-order valence-electron chi connectivity index (χ2n) is 8.60. The lowest BCUT2D eigenvalue weighted by molar-refractivity contribution is -0.127. The van der Waals surface area contributed by atoms with Crippen LogP contribution >= 0.6 is 11.6 Å². The van der Waals surface area contributed by atoms with Crippen molar-refractivity contribution < 1.29 is 23.9 Å². The van der Waals surface area contributed by atoms with Gasteiger partial charge in [0, 0.05) is 24.5 Å². The summed E-state index contributed by atoms with van der Waals surface area (Å²) in [4.78, 5) is 40.8. The van der Waals surface area contributed by atoms with Gasteiger partial charge in [0.2, 0.25) is 5.91 Å². The first kappa shape index (κ1) is 25.5. The number of morpholine rings is 1. The highest BCUT2D eigenvalue weighted by molar-refractivity contribution is 6.32. The third-order valence-corrected chi connectivity index (χ3v) is 6.26. The fourth-order valence-corrected chi connectivity index (χ4v) is 4.04. The number of nitrogens with one attached hydrogen (secondary N) is 2. The highest BCUT2D eigenvalue weighted by atomic mass is 35.5. The zero-order valence-corrected chi connectivity index (χ0v) is 21.0. The molecule has 9 nitrogen and oxygen atoms in total. The first-order valence-corrected chi connectivity index (χ1v) is 12.2. The fourth-order valence-electron chi connectivity index (χ4n) is 3.81. The van der Waals surface area contributed by atoms with Gasteiger partial charge in [-0.3, -0.25) is 9.59 Å². The van der Waals surface area contributed by atoms with E-state index >= 15 is 0 Å². The van der Waals surface area contributed by atoms with Gasteiger partial charge in [-0.1, -0.05) is 24.6 Å². The summed E-state index contributed by atoms with van der Waals surface area (Å²) >= 11 is 6.31. The van der Waals surface area contributed by atoms with Gasteiger partial charge in [-0.25, -0.2) is 9.69 Å². The van der Waals surface area contributed by atoms with Crippen LogP contribution in [0.5, 0.6) is 5.75 Å². The minimum absolute atomic E-state index is 0.0183. The second kappa shape index (κ2) is 11.5. The number of hydrogen-bond acceptors (Lipinski definition) is 6. The number of ether oxygens (including phenoxy) is 2. The van der Waals surface area contributed by atoms with Crippen molar-refractivity contribution in [2.24, 2.45) is 0 Å². The van der Waals surface area contributed by atoms with Crippen molar-refractivity contribution in [1.29, 1.82) is 0 Å². The number of rotatable bonds is 8. The van der Waals surface area contributed by atoms with E-state index in [9.17, 15) is 14.4 Å². The molecule has 2 aliphatic rings. The standard InChI is InChI=1S/C26H29ClN4O5/c1-3-17(2)36-23-9-4-18(14-21(23)27)15-22-25(33)31(26(34)29-22)16-24(32)28-19-5-7-20(8-6-19)30-10-12-35-13-11-30/h4-9,14-15,17H,3,10-13,16H2,1-2H3,(H,28,32)(H,29,34)/b22-15-/t17-/m1/s1. The van der Waals surface area contributed by atoms with E-state index in [1.165, 1.54) is 6.08 Å². The number of anilines is 2. The van der Waals surface area contributed by atoms with Crippen molar-refractivity contribution >= 4 is 46.9 Å². The molecule has 2 heterocycles. The highest BCUT2D eigenvalue weighted by Crippen LogP contribution is 2.28. The molecule has 0 unspecified atom stereocenters. The van der Waals surface area contributed by atoms with Crippen LogP contribution in [0.4, 0.5) is 16.2 Å². The Balaban J connectivity index is 1.36. The highest BCUT2D eigenvalue weighted by Gasteiger charge is 2.35. The molecule has 0 aliphatic carbocycles. The monoisotopic (exact) mass is 512 g/mol. The largest absolute Gasteiger partial charge is 0.489 e. The molecule has 0 bridgehead atoms. The number of benzene rings is 2. The molecule has 2 aromatic rings. The van der Waals surface area contributed by atoms with Crippen molar-refractivity contribution in [3.8, 4) is 5.75 Å². The zero-order chi connectivity index (χ0) is 25.7. The molecule has 2 aromatic carbocycles. The molecule has 0 saturated carbocycles. The second-order valence-corrected chi connectivity index (χ2v) is 9.01. The summed E-state index contributed by atoms with van der Waals surface area (Å²) < 4.78 is 11.1. The van der Waals surface area contributed by atoms with Gasteiger partial charge in [-0.2, -0.15) is 0 Å². The molecule has 2 aliphatic heterocycles. The molecule has 2 N–H and O–H groups in total. The molecule has 36 heavy (non-hydrogen) atoms. The van der Waals surface area contributed by atoms with Gasteiger partial charge in [0.25, 0.3) is 5.91 Å². The van der Waals surface area contributed by atoms with Crippen LogP contribution in [-0.4, -0.2) is 61.7 Å². The predicted octanol–water partition coefficient (Wildman–Crippen LogP) is 3.89. The van der Waals surface area contributed by atoms with E-state index in [-0.39, 0.29) is 11.8 Å². The third-order valence-electron chi connectivity index (χ3n) is 5.96. The number of nitrogens with zero attached hydrogens (tertiary/aromatic N) is 2. The molecule has 2 fully saturated rings. The van der Waals surface area contributed by atoms with Crippen LogP contribution in [0.2, 0.25) is 5.02 Å². The molecule has 10 heteroatoms. The molecule has 0 aromatic heterocycles. The summed E-state index contributed by atoms with van der Waals surface area (Å²) in [6.07, 6.45) is 2.37. The first-order chi connectivity index (χ1) is 17.3. The van der Waals surface area contributed by atoms with Gasteiger partial charge in [0.15, 0.2) is 0 Å². The van der Waals surface area contributed by atoms with Crippen LogP contribution in [0, 0.1) is 0 Å². The van der Waals surface area contributed by atoms with E-state index in [0.29, 0.717) is 35.2 Å². The van der Waals surface area contributed by atoms with Crippen LogP contribution in [0.15, 0.2) is 48.2 Å². The minimum Gasteiger partial charge on any atom is -0.489 e. The number of carbonyl (C=O) groups is 3. The van der Waals surface area contributed by atoms with Crippen LogP contribution in [0.25, 0.3) is 6.08 Å². The summed E-state index contributed by atoms with van der Waals surface area (Å²) in [6, 6.07) is 11.9. The van der Waals surface area contributed by atoms with E-state index in [0.717, 1.165) is 30.1 Å². The van der Waals surface area contributed by atoms with E-state index in [1.54, 1.807) is 30.3 Å². The number of halogens is 1. The fraction of sp³-hybridized carbons (Fsp3) is 0.346. The lowest BCUT2D eigenvalue weighted by atomic mass is 10.1. The Kier molecular flexibility index (Phi) is 8.12. The SMILES string of the molecule is CC[C@@H](C)Oc1ccc(/C=C2\NC(=O)N(CC(=O)Nc3ccc(N4CCOCC4)cc3)C2=O)cc1Cl. The topological polar surface area (TPSA) is 100 Å². The number of urea groups is 1. The summed E-state index contributed by atoms with van der Waals surface area (Å²) in [5, 5.41) is 5.65. The van der Waals surface area contributed by atoms with Gasteiger partial charge in [-0.05, 0) is 61.4 Å². The summed E-state index contributed by atoms with van der Waals surface area (Å²) in [5.41, 5.74) is 2.30. The van der Waals surface area contributed by atoms with Crippen LogP contribution in [0.3, 0.4) is 0 Å². The van der Waals surface area contributed by atoms with E-state index in [2.05, 4.69) is 15.5 Å². The molecule has 4 amide bonds. The predicted molar refractivity (Wildman–Crippen MR) is 138 cm³/mol. The van der Waals surface area contributed by atoms with E-state index in [1.807, 2.05) is 26.0 Å². The Hall–Kier alpha value is -3.56. The molecule has 0 radical (unpaired) electrons. The molecule has 2 saturated heterocycles. The average molecular weight is 513 g/mol. The lowest BCUT2D eigenvalue weighted by Crippen LogP contribution is -2.38. The van der Waals surface area contributed by atoms with Gasteiger partial charge >= 0.3 is 6.03 Å². The molecule has 4 rings (SSSR count). The summed E-state index contributed by atoms with van der Waals surface area (Å²) in [5.74, 6) is -0.520. The summed E-state index contributed by atoms with van der Waals surface area (Å²) in [7, 11) is 0. The normalized spacial score (nSPS) is 17.8. The van der Waals surface area contributed by atoms with Crippen molar-refractivity contribution in [3.05, 3.63) is 58.7 Å². The number of hydrogen-bond donors (Lipinski definition) is 2. The number of amides is 4. The Labute approximate surface area is 215 Å². The van der Waals surface area contributed by atoms with Gasteiger partial charge in [0.1, 0.15) is 18.0 Å². The van der Waals surface area contributed by atoms with Gasteiger partial charge < -0.3 is 25.0 Å². The molecular formula is C26H29ClN4O5. The Morgan fingerprint density at radius 3 is 2.58 bits per heavy atom. The van der Waals surface area contributed by atoms with Crippen LogP contribution < -0.4 is 20.3 Å². The van der Waals surface area contributed by atoms with Gasteiger partial charge in [-0.15, -0.1) is 0 Å². The molecule has 0 spiro atoms. The Morgan fingerprint density at radius 2 is 1.92 bits per heavy atom. The average Bonchev–Trinajstić information content (AvgIpc) is 3.13. The van der Waals surface area contributed by atoms with Crippen molar-refractivity contribution in [3.63, 3.8) is 0 Å². The minimum atomic E-state index is -0.660. The van der Waals surface area contributed by atoms with Gasteiger partial charge in [0.05, 0.1) is 24.3 Å². The van der Waals surface area contributed by atoms with Crippen molar-refractivity contribution in [2.75, 3.05) is 43.1 Å². The quantitative estimate of drug-likeness (QED) is 0.411. The molecule has 1 atom stereocenters. The maximum atomic E-state index is 12.8. The smallest absolute Gasteiger partial charge is 0.329 e. The van der Waals surface area contributed by atoms with E-state index in [4.69, 9.17) is 21.1 Å².